The van der Waals surface area contributed by atoms with Gasteiger partial charge in [-0.2, -0.15) is 0 Å². The molecule has 0 saturated carbocycles. The van der Waals surface area contributed by atoms with Crippen molar-refractivity contribution >= 4 is 35.1 Å². The van der Waals surface area contributed by atoms with Gasteiger partial charge in [0.2, 0.25) is 0 Å². The van der Waals surface area contributed by atoms with Crippen LogP contribution in [0.2, 0.25) is 10.0 Å². The summed E-state index contributed by atoms with van der Waals surface area (Å²) in [7, 11) is 1.60. The Morgan fingerprint density at radius 1 is 1.07 bits per heavy atom. The van der Waals surface area contributed by atoms with Gasteiger partial charge in [0.15, 0.2) is 6.10 Å². The van der Waals surface area contributed by atoms with Crippen molar-refractivity contribution in [3.63, 3.8) is 0 Å². The van der Waals surface area contributed by atoms with Gasteiger partial charge < -0.3 is 14.8 Å². The number of carbonyl (C=O) groups excluding carboxylic acids is 2. The highest BCUT2D eigenvalue weighted by atomic mass is 35.5. The molecule has 0 heterocycles. The third-order valence-electron chi connectivity index (χ3n) is 3.94. The van der Waals surface area contributed by atoms with Gasteiger partial charge in [-0.1, -0.05) is 41.4 Å². The highest BCUT2D eigenvalue weighted by molar-refractivity contribution is 6.35. The van der Waals surface area contributed by atoms with Gasteiger partial charge in [0, 0.05) is 17.2 Å². The van der Waals surface area contributed by atoms with Crippen molar-refractivity contribution in [3.8, 4) is 0 Å². The standard InChI is InChI=1S/C20H21Cl2NO4/c1-12(17-9-8-16(21)10-18(17)22)23-19(24)13(2)27-20(25)15-6-4-14(5-7-15)11-26-3/h4-10,12-13H,11H2,1-3H3,(H,23,24)/t12-,13+/m0/s1. The Labute approximate surface area is 168 Å². The van der Waals surface area contributed by atoms with E-state index in [1.54, 1.807) is 56.5 Å². The fourth-order valence-corrected chi connectivity index (χ4v) is 3.02. The van der Waals surface area contributed by atoms with E-state index in [0.29, 0.717) is 22.2 Å². The molecular formula is C20H21Cl2NO4. The molecule has 0 spiro atoms. The maximum absolute atomic E-state index is 12.3. The molecule has 0 saturated heterocycles. The lowest BCUT2D eigenvalue weighted by atomic mass is 10.1. The molecule has 2 aromatic rings. The number of carbonyl (C=O) groups is 2. The lowest BCUT2D eigenvalue weighted by Gasteiger charge is -2.19. The first-order chi connectivity index (χ1) is 12.8. The number of hydrogen-bond acceptors (Lipinski definition) is 4. The van der Waals surface area contributed by atoms with Crippen LogP contribution in [0.5, 0.6) is 0 Å². The predicted octanol–water partition coefficient (Wildman–Crippen LogP) is 4.56. The third kappa shape index (κ3) is 5.96. The van der Waals surface area contributed by atoms with Crippen molar-refractivity contribution in [2.45, 2.75) is 32.6 Å². The second-order valence-corrected chi connectivity index (χ2v) is 6.92. The highest BCUT2D eigenvalue weighted by Crippen LogP contribution is 2.26. The van der Waals surface area contributed by atoms with Crippen LogP contribution in [0.1, 0.15) is 41.4 Å². The first kappa shape index (κ1) is 21.2. The zero-order valence-electron chi connectivity index (χ0n) is 15.3. The summed E-state index contributed by atoms with van der Waals surface area (Å²) in [5, 5.41) is 3.75. The second-order valence-electron chi connectivity index (χ2n) is 6.07. The number of ether oxygens (including phenoxy) is 2. The van der Waals surface area contributed by atoms with E-state index in [1.807, 2.05) is 0 Å². The summed E-state index contributed by atoms with van der Waals surface area (Å²) in [6.07, 6.45) is -0.954. The summed E-state index contributed by atoms with van der Waals surface area (Å²) in [5.74, 6) is -0.989. The molecule has 0 fully saturated rings. The van der Waals surface area contributed by atoms with Crippen molar-refractivity contribution in [2.75, 3.05) is 7.11 Å². The summed E-state index contributed by atoms with van der Waals surface area (Å²) in [4.78, 5) is 24.5. The molecule has 0 unspecified atom stereocenters. The molecule has 27 heavy (non-hydrogen) atoms. The van der Waals surface area contributed by atoms with Gasteiger partial charge >= 0.3 is 5.97 Å². The van der Waals surface area contributed by atoms with Crippen LogP contribution in [0.3, 0.4) is 0 Å². The molecule has 5 nitrogen and oxygen atoms in total. The molecule has 7 heteroatoms. The van der Waals surface area contributed by atoms with Crippen LogP contribution in [0, 0.1) is 0 Å². The molecule has 0 aliphatic heterocycles. The Bertz CT molecular complexity index is 808. The zero-order chi connectivity index (χ0) is 20.0. The van der Waals surface area contributed by atoms with E-state index in [1.165, 1.54) is 6.92 Å². The van der Waals surface area contributed by atoms with Crippen LogP contribution >= 0.6 is 23.2 Å². The van der Waals surface area contributed by atoms with Gasteiger partial charge in [-0.25, -0.2) is 4.79 Å². The summed E-state index contributed by atoms with van der Waals surface area (Å²) in [6.45, 7) is 3.76. The first-order valence-electron chi connectivity index (χ1n) is 8.36. The van der Waals surface area contributed by atoms with Crippen LogP contribution in [-0.2, 0) is 20.9 Å². The van der Waals surface area contributed by atoms with Crippen LogP contribution in [0.15, 0.2) is 42.5 Å². The van der Waals surface area contributed by atoms with Gasteiger partial charge in [-0.15, -0.1) is 0 Å². The molecule has 2 aromatic carbocycles. The monoisotopic (exact) mass is 409 g/mol. The molecule has 0 bridgehead atoms. The Kier molecular flexibility index (Phi) is 7.66. The molecule has 0 aliphatic rings. The lowest BCUT2D eigenvalue weighted by molar-refractivity contribution is -0.129. The average Bonchev–Trinajstić information content (AvgIpc) is 2.62. The Balaban J connectivity index is 1.95. The van der Waals surface area contributed by atoms with Gasteiger partial charge in [0.05, 0.1) is 18.2 Å². The number of nitrogens with one attached hydrogen (secondary N) is 1. The summed E-state index contributed by atoms with van der Waals surface area (Å²) in [6, 6.07) is 11.5. The minimum Gasteiger partial charge on any atom is -0.449 e. The minimum absolute atomic E-state index is 0.364. The molecule has 1 amide bonds. The van der Waals surface area contributed by atoms with Gasteiger partial charge in [-0.05, 0) is 49.2 Å². The molecule has 2 atom stereocenters. The van der Waals surface area contributed by atoms with Crippen LogP contribution in [-0.4, -0.2) is 25.1 Å². The Hall–Kier alpha value is -2.08. The van der Waals surface area contributed by atoms with Gasteiger partial charge in [-0.3, -0.25) is 4.79 Å². The van der Waals surface area contributed by atoms with Crippen LogP contribution in [0.25, 0.3) is 0 Å². The third-order valence-corrected chi connectivity index (χ3v) is 4.50. The van der Waals surface area contributed by atoms with Crippen molar-refractivity contribution in [2.24, 2.45) is 0 Å². The molecule has 144 valence electrons. The SMILES string of the molecule is COCc1ccc(C(=O)O[C@H](C)C(=O)N[C@@H](C)c2ccc(Cl)cc2Cl)cc1. The summed E-state index contributed by atoms with van der Waals surface area (Å²) < 4.78 is 10.3. The normalized spacial score (nSPS) is 12.9. The maximum Gasteiger partial charge on any atom is 0.338 e. The van der Waals surface area contributed by atoms with E-state index in [2.05, 4.69) is 5.32 Å². The predicted molar refractivity (Wildman–Crippen MR) is 105 cm³/mol. The number of halogens is 2. The number of methoxy groups -OCH3 is 1. The largest absolute Gasteiger partial charge is 0.449 e. The maximum atomic E-state index is 12.3. The Morgan fingerprint density at radius 3 is 2.33 bits per heavy atom. The van der Waals surface area contributed by atoms with Crippen LogP contribution < -0.4 is 5.32 Å². The molecule has 1 N–H and O–H groups in total. The van der Waals surface area contributed by atoms with Gasteiger partial charge in [0.25, 0.3) is 5.91 Å². The van der Waals surface area contributed by atoms with Crippen molar-refractivity contribution < 1.29 is 19.1 Å². The van der Waals surface area contributed by atoms with E-state index < -0.39 is 18.0 Å². The van der Waals surface area contributed by atoms with E-state index in [0.717, 1.165) is 11.1 Å². The van der Waals surface area contributed by atoms with E-state index in [-0.39, 0.29) is 6.04 Å². The fraction of sp³-hybridized carbons (Fsp3) is 0.300. The molecule has 0 radical (unpaired) electrons. The number of hydrogen-bond donors (Lipinski definition) is 1. The quantitative estimate of drug-likeness (QED) is 0.680. The minimum atomic E-state index is -0.954. The molecule has 0 aliphatic carbocycles. The molecular weight excluding hydrogens is 389 g/mol. The molecule has 0 aromatic heterocycles. The van der Waals surface area contributed by atoms with Crippen molar-refractivity contribution in [1.29, 1.82) is 0 Å². The first-order valence-corrected chi connectivity index (χ1v) is 9.11. The average molecular weight is 410 g/mol. The lowest BCUT2D eigenvalue weighted by Crippen LogP contribution is -2.37. The van der Waals surface area contributed by atoms with Crippen molar-refractivity contribution in [1.82, 2.24) is 5.32 Å². The number of esters is 1. The van der Waals surface area contributed by atoms with E-state index >= 15 is 0 Å². The van der Waals surface area contributed by atoms with E-state index in [9.17, 15) is 9.59 Å². The highest BCUT2D eigenvalue weighted by Gasteiger charge is 2.21. The van der Waals surface area contributed by atoms with Crippen molar-refractivity contribution in [3.05, 3.63) is 69.2 Å². The summed E-state index contributed by atoms with van der Waals surface area (Å²) >= 11 is 12.0. The summed E-state index contributed by atoms with van der Waals surface area (Å²) in [5.41, 5.74) is 2.03. The Morgan fingerprint density at radius 2 is 1.74 bits per heavy atom. The fourth-order valence-electron chi connectivity index (χ4n) is 2.45. The number of rotatable bonds is 7. The zero-order valence-corrected chi connectivity index (χ0v) is 16.8. The molecule has 2 rings (SSSR count). The van der Waals surface area contributed by atoms with E-state index in [4.69, 9.17) is 32.7 Å². The van der Waals surface area contributed by atoms with Crippen LogP contribution in [0.4, 0.5) is 0 Å². The number of benzene rings is 2. The second kappa shape index (κ2) is 9.74. The topological polar surface area (TPSA) is 64.6 Å². The number of amides is 1. The van der Waals surface area contributed by atoms with Gasteiger partial charge in [0.1, 0.15) is 0 Å². The smallest absolute Gasteiger partial charge is 0.338 e.